The second-order valence-electron chi connectivity index (χ2n) is 6.72. The van der Waals surface area contributed by atoms with Crippen molar-refractivity contribution in [3.63, 3.8) is 0 Å². The molecule has 0 spiro atoms. The van der Waals surface area contributed by atoms with Gasteiger partial charge in [-0.15, -0.1) is 0 Å². The Labute approximate surface area is 168 Å². The predicted molar refractivity (Wildman–Crippen MR) is 108 cm³/mol. The summed E-state index contributed by atoms with van der Waals surface area (Å²) >= 11 is 0. The van der Waals surface area contributed by atoms with Crippen LogP contribution in [0, 0.1) is 0 Å². The molecule has 0 atom stereocenters. The summed E-state index contributed by atoms with van der Waals surface area (Å²) in [4.78, 5) is 26.6. The molecule has 0 bridgehead atoms. The van der Waals surface area contributed by atoms with Gasteiger partial charge in [0.05, 0.1) is 18.5 Å². The molecule has 1 fully saturated rings. The maximum atomic E-state index is 11.9. The van der Waals surface area contributed by atoms with Gasteiger partial charge >= 0.3 is 6.09 Å². The number of piperazine rings is 1. The van der Waals surface area contributed by atoms with Crippen molar-refractivity contribution in [1.82, 2.24) is 14.9 Å². The van der Waals surface area contributed by atoms with E-state index in [1.165, 1.54) is 0 Å². The average Bonchev–Trinajstić information content (AvgIpc) is 3.22. The number of ether oxygens (including phenoxy) is 3. The minimum absolute atomic E-state index is 0.222. The Bertz CT molecular complexity index is 900. The van der Waals surface area contributed by atoms with Crippen molar-refractivity contribution in [2.24, 2.45) is 0 Å². The third kappa shape index (κ3) is 3.78. The molecule has 2 aliphatic heterocycles. The van der Waals surface area contributed by atoms with Gasteiger partial charge in [-0.3, -0.25) is 0 Å². The summed E-state index contributed by atoms with van der Waals surface area (Å²) in [5.74, 6) is 2.59. The Balaban J connectivity index is 1.50. The Hall–Kier alpha value is -3.43. The van der Waals surface area contributed by atoms with Gasteiger partial charge in [-0.2, -0.15) is 4.98 Å². The molecular weight excluding hydrogens is 376 g/mol. The summed E-state index contributed by atoms with van der Waals surface area (Å²) < 4.78 is 15.9. The number of hydrogen-bond donors (Lipinski definition) is 1. The first kappa shape index (κ1) is 18.9. The minimum atomic E-state index is -0.284. The number of hydrogen-bond acceptors (Lipinski definition) is 9. The largest absolute Gasteiger partial charge is 0.454 e. The average molecular weight is 400 g/mol. The van der Waals surface area contributed by atoms with Gasteiger partial charge in [0.1, 0.15) is 0 Å². The van der Waals surface area contributed by atoms with Crippen molar-refractivity contribution in [1.29, 1.82) is 0 Å². The van der Waals surface area contributed by atoms with E-state index in [0.29, 0.717) is 56.0 Å². The van der Waals surface area contributed by atoms with Crippen LogP contribution in [0.25, 0.3) is 0 Å². The lowest BCUT2D eigenvalue weighted by atomic mass is 10.2. The van der Waals surface area contributed by atoms with E-state index in [1.807, 2.05) is 35.0 Å². The molecule has 1 aromatic carbocycles. The van der Waals surface area contributed by atoms with Gasteiger partial charge in [-0.1, -0.05) is 0 Å². The number of carbonyl (C=O) groups excluding carboxylic acids is 1. The zero-order valence-corrected chi connectivity index (χ0v) is 16.5. The van der Waals surface area contributed by atoms with Crippen molar-refractivity contribution in [3.8, 4) is 11.5 Å². The molecule has 1 amide bonds. The van der Waals surface area contributed by atoms with Gasteiger partial charge in [0.2, 0.25) is 12.7 Å². The second-order valence-corrected chi connectivity index (χ2v) is 6.72. The third-order valence-electron chi connectivity index (χ3n) is 4.93. The lowest BCUT2D eigenvalue weighted by molar-refractivity contribution is 0.105. The number of rotatable bonds is 4. The second kappa shape index (κ2) is 7.90. The van der Waals surface area contributed by atoms with Crippen LogP contribution < -0.4 is 25.0 Å². The van der Waals surface area contributed by atoms with Crippen LogP contribution in [0.4, 0.5) is 27.9 Å². The molecule has 1 saturated heterocycles. The lowest BCUT2D eigenvalue weighted by Crippen LogP contribution is -2.49. The number of anilines is 4. The fourth-order valence-corrected chi connectivity index (χ4v) is 3.31. The molecule has 10 heteroatoms. The van der Waals surface area contributed by atoms with Gasteiger partial charge in [0.15, 0.2) is 17.3 Å². The van der Waals surface area contributed by atoms with Gasteiger partial charge < -0.3 is 34.6 Å². The van der Waals surface area contributed by atoms with Crippen molar-refractivity contribution >= 4 is 29.2 Å². The molecule has 2 N–H and O–H groups in total. The van der Waals surface area contributed by atoms with E-state index in [2.05, 4.69) is 9.97 Å². The summed E-state index contributed by atoms with van der Waals surface area (Å²) in [6.45, 7) is 4.75. The Morgan fingerprint density at radius 1 is 1.24 bits per heavy atom. The number of aromatic nitrogens is 2. The highest BCUT2D eigenvalue weighted by Crippen LogP contribution is 2.37. The monoisotopic (exact) mass is 400 g/mol. The van der Waals surface area contributed by atoms with E-state index in [-0.39, 0.29) is 12.9 Å². The van der Waals surface area contributed by atoms with Crippen LogP contribution in [0.2, 0.25) is 0 Å². The molecule has 2 aliphatic rings. The standard InChI is InChI=1S/C19H24N6O4/c1-3-27-19(26)25-8-6-24(7-9-25)18-21-11-14(20)17(22-18)23(2)13-4-5-15-16(10-13)29-12-28-15/h4-5,10-11H,3,6-9,12,20H2,1-2H3. The van der Waals surface area contributed by atoms with Crippen molar-refractivity contribution in [3.05, 3.63) is 24.4 Å². The molecular formula is C19H24N6O4. The number of amides is 1. The molecule has 10 nitrogen and oxygen atoms in total. The van der Waals surface area contributed by atoms with E-state index in [4.69, 9.17) is 19.9 Å². The summed E-state index contributed by atoms with van der Waals surface area (Å²) in [7, 11) is 1.89. The van der Waals surface area contributed by atoms with E-state index >= 15 is 0 Å². The zero-order chi connectivity index (χ0) is 20.4. The Kier molecular flexibility index (Phi) is 5.15. The molecule has 1 aromatic heterocycles. The van der Waals surface area contributed by atoms with Gasteiger partial charge in [-0.05, 0) is 19.1 Å². The fraction of sp³-hybridized carbons (Fsp3) is 0.421. The van der Waals surface area contributed by atoms with Crippen molar-refractivity contribution in [2.75, 3.05) is 62.2 Å². The molecule has 0 unspecified atom stereocenters. The molecule has 3 heterocycles. The van der Waals surface area contributed by atoms with E-state index < -0.39 is 0 Å². The topological polar surface area (TPSA) is 106 Å². The molecule has 0 aliphatic carbocycles. The highest BCUT2D eigenvalue weighted by atomic mass is 16.7. The predicted octanol–water partition coefficient (Wildman–Crippen LogP) is 1.83. The summed E-state index contributed by atoms with van der Waals surface area (Å²) in [5.41, 5.74) is 7.50. The quantitative estimate of drug-likeness (QED) is 0.822. The number of benzene rings is 1. The summed E-state index contributed by atoms with van der Waals surface area (Å²) in [6.07, 6.45) is 1.33. The number of nitrogens with two attached hydrogens (primary N) is 1. The summed E-state index contributed by atoms with van der Waals surface area (Å²) in [5, 5.41) is 0. The highest BCUT2D eigenvalue weighted by Gasteiger charge is 2.24. The fourth-order valence-electron chi connectivity index (χ4n) is 3.31. The molecule has 0 saturated carbocycles. The number of carbonyl (C=O) groups is 1. The smallest absolute Gasteiger partial charge is 0.409 e. The Morgan fingerprint density at radius 3 is 2.76 bits per heavy atom. The van der Waals surface area contributed by atoms with Gasteiger partial charge in [0, 0.05) is 45.0 Å². The van der Waals surface area contributed by atoms with Crippen LogP contribution in [-0.4, -0.2) is 67.6 Å². The minimum Gasteiger partial charge on any atom is -0.454 e. The van der Waals surface area contributed by atoms with Crippen LogP contribution in [0.5, 0.6) is 11.5 Å². The summed E-state index contributed by atoms with van der Waals surface area (Å²) in [6, 6.07) is 5.68. The van der Waals surface area contributed by atoms with Crippen LogP contribution in [0.1, 0.15) is 6.92 Å². The zero-order valence-electron chi connectivity index (χ0n) is 16.5. The van der Waals surface area contributed by atoms with Crippen LogP contribution >= 0.6 is 0 Å². The van der Waals surface area contributed by atoms with E-state index in [9.17, 15) is 4.79 Å². The first-order chi connectivity index (χ1) is 14.1. The Morgan fingerprint density at radius 2 is 2.00 bits per heavy atom. The molecule has 2 aromatic rings. The highest BCUT2D eigenvalue weighted by molar-refractivity contribution is 5.73. The SMILES string of the molecule is CCOC(=O)N1CCN(c2ncc(N)c(N(C)c3ccc4c(c3)OCO4)n2)CC1. The van der Waals surface area contributed by atoms with Crippen LogP contribution in [0.15, 0.2) is 24.4 Å². The molecule has 29 heavy (non-hydrogen) atoms. The number of fused-ring (bicyclic) bond motifs is 1. The maximum absolute atomic E-state index is 11.9. The van der Waals surface area contributed by atoms with E-state index in [0.717, 1.165) is 11.4 Å². The first-order valence-corrected chi connectivity index (χ1v) is 9.49. The van der Waals surface area contributed by atoms with E-state index in [1.54, 1.807) is 18.0 Å². The van der Waals surface area contributed by atoms with Crippen molar-refractivity contribution < 1.29 is 19.0 Å². The molecule has 4 rings (SSSR count). The third-order valence-corrected chi connectivity index (χ3v) is 4.93. The van der Waals surface area contributed by atoms with Crippen molar-refractivity contribution in [2.45, 2.75) is 6.92 Å². The molecule has 154 valence electrons. The normalized spacial score (nSPS) is 15.4. The lowest BCUT2D eigenvalue weighted by Gasteiger charge is -2.34. The molecule has 0 radical (unpaired) electrons. The van der Waals surface area contributed by atoms with Crippen LogP contribution in [0.3, 0.4) is 0 Å². The van der Waals surface area contributed by atoms with Gasteiger partial charge in [-0.25, -0.2) is 9.78 Å². The maximum Gasteiger partial charge on any atom is 0.409 e. The first-order valence-electron chi connectivity index (χ1n) is 9.49. The number of nitrogen functional groups attached to an aromatic ring is 1. The van der Waals surface area contributed by atoms with Gasteiger partial charge in [0.25, 0.3) is 0 Å². The number of nitrogens with zero attached hydrogens (tertiary/aromatic N) is 5. The van der Waals surface area contributed by atoms with Crippen LogP contribution in [-0.2, 0) is 4.74 Å².